The normalized spacial score (nSPS) is 11.8. The fraction of sp³-hybridized carbons (Fsp3) is 0.364. The van der Waals surface area contributed by atoms with Crippen LogP contribution in [-0.2, 0) is 0 Å². The van der Waals surface area contributed by atoms with E-state index in [1.165, 1.54) is 0 Å². The van der Waals surface area contributed by atoms with Gasteiger partial charge < -0.3 is 4.74 Å². The summed E-state index contributed by atoms with van der Waals surface area (Å²) in [5.41, 5.74) is 0. The van der Waals surface area contributed by atoms with Crippen molar-refractivity contribution in [2.75, 3.05) is 0 Å². The number of nitrogens with zero attached hydrogens (tertiary/aromatic N) is 1. The number of nitriles is 1. The summed E-state index contributed by atoms with van der Waals surface area (Å²) < 4.78 is 5.58. The molecule has 0 aromatic heterocycles. The predicted octanol–water partition coefficient (Wildman–Crippen LogP) is 3.41. The lowest BCUT2D eigenvalue weighted by Gasteiger charge is -2.14. The van der Waals surface area contributed by atoms with Crippen molar-refractivity contribution >= 4 is 11.6 Å². The summed E-state index contributed by atoms with van der Waals surface area (Å²) in [5, 5.41) is 9.19. The summed E-state index contributed by atoms with van der Waals surface area (Å²) in [6, 6.07) is 9.31. The molecule has 0 saturated heterocycles. The monoisotopic (exact) mass is 209 g/mol. The maximum absolute atomic E-state index is 8.54. The van der Waals surface area contributed by atoms with E-state index in [4.69, 9.17) is 21.6 Å². The lowest BCUT2D eigenvalue weighted by Crippen LogP contribution is -2.14. The van der Waals surface area contributed by atoms with Crippen molar-refractivity contribution in [2.24, 2.45) is 0 Å². The van der Waals surface area contributed by atoms with Crippen molar-refractivity contribution in [2.45, 2.75) is 25.9 Å². The van der Waals surface area contributed by atoms with Crippen LogP contribution in [0.1, 0.15) is 19.8 Å². The number of benzene rings is 1. The molecule has 0 N–H and O–H groups in total. The van der Waals surface area contributed by atoms with E-state index in [0.29, 0.717) is 11.4 Å². The van der Waals surface area contributed by atoms with Gasteiger partial charge in [-0.2, -0.15) is 5.26 Å². The fourth-order valence-electron chi connectivity index (χ4n) is 1.10. The van der Waals surface area contributed by atoms with Crippen molar-refractivity contribution in [1.82, 2.24) is 0 Å². The zero-order chi connectivity index (χ0) is 10.4. The molecule has 0 fully saturated rings. The van der Waals surface area contributed by atoms with Crippen LogP contribution in [0.2, 0.25) is 5.02 Å². The topological polar surface area (TPSA) is 33.0 Å². The molecular formula is C11H12ClNO. The molecule has 2 nitrogen and oxygen atoms in total. The molecule has 1 unspecified atom stereocenters. The lowest BCUT2D eigenvalue weighted by atomic mass is 10.2. The highest BCUT2D eigenvalue weighted by molar-refractivity contribution is 6.30. The van der Waals surface area contributed by atoms with E-state index in [9.17, 15) is 0 Å². The molecule has 0 radical (unpaired) electrons. The van der Waals surface area contributed by atoms with Gasteiger partial charge in [0.2, 0.25) is 0 Å². The molecule has 0 amide bonds. The summed E-state index contributed by atoms with van der Waals surface area (Å²) in [6.45, 7) is 1.99. The van der Waals surface area contributed by atoms with Gasteiger partial charge in [-0.1, -0.05) is 24.6 Å². The lowest BCUT2D eigenvalue weighted by molar-refractivity contribution is 0.202. The average molecular weight is 210 g/mol. The molecule has 0 aliphatic rings. The number of rotatable bonds is 4. The number of hydrogen-bond donors (Lipinski definition) is 0. The molecular weight excluding hydrogens is 198 g/mol. The second-order valence-corrected chi connectivity index (χ2v) is 3.40. The van der Waals surface area contributed by atoms with Gasteiger partial charge in [-0.15, -0.1) is 0 Å². The first kappa shape index (κ1) is 10.9. The van der Waals surface area contributed by atoms with Crippen LogP contribution in [0.15, 0.2) is 24.3 Å². The zero-order valence-electron chi connectivity index (χ0n) is 8.03. The molecule has 3 heteroatoms. The molecule has 0 spiro atoms. The minimum absolute atomic E-state index is 0.0431. The first-order chi connectivity index (χ1) is 6.76. The van der Waals surface area contributed by atoms with Crippen LogP contribution in [0.4, 0.5) is 0 Å². The molecule has 0 saturated carbocycles. The largest absolute Gasteiger partial charge is 0.489 e. The fourth-order valence-corrected chi connectivity index (χ4v) is 1.28. The van der Waals surface area contributed by atoms with Crippen molar-refractivity contribution in [3.8, 4) is 11.8 Å². The van der Waals surface area contributed by atoms with Gasteiger partial charge in [0.05, 0.1) is 12.5 Å². The maximum atomic E-state index is 8.54. The Kier molecular flexibility index (Phi) is 4.28. The third-order valence-electron chi connectivity index (χ3n) is 1.87. The van der Waals surface area contributed by atoms with Crippen LogP contribution in [0.3, 0.4) is 0 Å². The Bertz CT molecular complexity index is 332. The summed E-state index contributed by atoms with van der Waals surface area (Å²) in [7, 11) is 0. The summed E-state index contributed by atoms with van der Waals surface area (Å²) in [5.74, 6) is 0.722. The van der Waals surface area contributed by atoms with E-state index in [1.807, 2.05) is 19.1 Å². The van der Waals surface area contributed by atoms with E-state index in [-0.39, 0.29) is 6.10 Å². The first-order valence-corrected chi connectivity index (χ1v) is 4.93. The smallest absolute Gasteiger partial charge is 0.121 e. The van der Waals surface area contributed by atoms with Gasteiger partial charge in [0.15, 0.2) is 0 Å². The molecule has 74 valence electrons. The van der Waals surface area contributed by atoms with Crippen molar-refractivity contribution < 1.29 is 4.74 Å². The molecule has 0 heterocycles. The first-order valence-electron chi connectivity index (χ1n) is 4.55. The van der Waals surface area contributed by atoms with Crippen molar-refractivity contribution in [1.29, 1.82) is 5.26 Å². The molecule has 0 bridgehead atoms. The van der Waals surface area contributed by atoms with Gasteiger partial charge in [0.25, 0.3) is 0 Å². The van der Waals surface area contributed by atoms with Crippen LogP contribution >= 0.6 is 11.6 Å². The summed E-state index contributed by atoms with van der Waals surface area (Å²) in [6.07, 6.45) is 1.18. The second-order valence-electron chi connectivity index (χ2n) is 2.97. The highest BCUT2D eigenvalue weighted by atomic mass is 35.5. The second kappa shape index (κ2) is 5.51. The minimum Gasteiger partial charge on any atom is -0.489 e. The van der Waals surface area contributed by atoms with Gasteiger partial charge >= 0.3 is 0 Å². The molecule has 1 atom stereocenters. The van der Waals surface area contributed by atoms with Crippen LogP contribution in [0.25, 0.3) is 0 Å². The Balaban J connectivity index is 2.63. The SMILES string of the molecule is CCC(CC#N)Oc1cccc(Cl)c1. The highest BCUT2D eigenvalue weighted by Gasteiger charge is 2.07. The molecule has 0 aliphatic heterocycles. The van der Waals surface area contributed by atoms with Gasteiger partial charge in [-0.3, -0.25) is 0 Å². The maximum Gasteiger partial charge on any atom is 0.121 e. The summed E-state index contributed by atoms with van der Waals surface area (Å²) >= 11 is 5.80. The summed E-state index contributed by atoms with van der Waals surface area (Å²) in [4.78, 5) is 0. The van der Waals surface area contributed by atoms with Crippen LogP contribution in [0, 0.1) is 11.3 Å². The van der Waals surface area contributed by atoms with E-state index in [1.54, 1.807) is 12.1 Å². The van der Waals surface area contributed by atoms with Crippen molar-refractivity contribution in [3.05, 3.63) is 29.3 Å². The minimum atomic E-state index is -0.0431. The van der Waals surface area contributed by atoms with E-state index in [0.717, 1.165) is 12.2 Å². The number of ether oxygens (including phenoxy) is 1. The van der Waals surface area contributed by atoms with Crippen LogP contribution < -0.4 is 4.74 Å². The van der Waals surface area contributed by atoms with E-state index in [2.05, 4.69) is 6.07 Å². The number of hydrogen-bond acceptors (Lipinski definition) is 2. The molecule has 14 heavy (non-hydrogen) atoms. The van der Waals surface area contributed by atoms with E-state index >= 15 is 0 Å². The zero-order valence-corrected chi connectivity index (χ0v) is 8.79. The molecule has 0 aliphatic carbocycles. The standard InChI is InChI=1S/C11H12ClNO/c1-2-10(6-7-13)14-11-5-3-4-9(12)8-11/h3-5,8,10H,2,6H2,1H3. The molecule has 1 rings (SSSR count). The quantitative estimate of drug-likeness (QED) is 0.762. The Morgan fingerprint density at radius 2 is 2.36 bits per heavy atom. The molecule has 1 aromatic rings. The van der Waals surface area contributed by atoms with Crippen LogP contribution in [-0.4, -0.2) is 6.10 Å². The van der Waals surface area contributed by atoms with E-state index < -0.39 is 0 Å². The molecule has 1 aromatic carbocycles. The Morgan fingerprint density at radius 1 is 1.57 bits per heavy atom. The predicted molar refractivity (Wildman–Crippen MR) is 56.4 cm³/mol. The Hall–Kier alpha value is -1.20. The number of halogens is 1. The van der Waals surface area contributed by atoms with Crippen molar-refractivity contribution in [3.63, 3.8) is 0 Å². The van der Waals surface area contributed by atoms with Gasteiger partial charge in [-0.25, -0.2) is 0 Å². The van der Waals surface area contributed by atoms with Crippen LogP contribution in [0.5, 0.6) is 5.75 Å². The highest BCUT2D eigenvalue weighted by Crippen LogP contribution is 2.19. The third kappa shape index (κ3) is 3.27. The Labute approximate surface area is 89.1 Å². The Morgan fingerprint density at radius 3 is 2.93 bits per heavy atom. The van der Waals surface area contributed by atoms with Gasteiger partial charge in [-0.05, 0) is 24.6 Å². The third-order valence-corrected chi connectivity index (χ3v) is 2.11. The van der Waals surface area contributed by atoms with Gasteiger partial charge in [0, 0.05) is 5.02 Å². The van der Waals surface area contributed by atoms with Gasteiger partial charge in [0.1, 0.15) is 11.9 Å². The average Bonchev–Trinajstić information content (AvgIpc) is 2.17.